The molecule has 0 aliphatic carbocycles. The summed E-state index contributed by atoms with van der Waals surface area (Å²) >= 11 is 0. The smallest absolute Gasteiger partial charge is 0.238 e. The molecular weight excluding hydrogens is 242 g/mol. The Kier molecular flexibility index (Phi) is 5.57. The van der Waals surface area contributed by atoms with Gasteiger partial charge in [-0.15, -0.1) is 0 Å². The van der Waals surface area contributed by atoms with Crippen molar-refractivity contribution in [3.63, 3.8) is 0 Å². The van der Waals surface area contributed by atoms with E-state index in [0.717, 1.165) is 58.9 Å². The standard InChI is InChI=1S/C13H27N5O/c1-14-13(19)12-11-15-3-4-18(12)10-9-17-7-5-16(2)6-8-17/h12,15H,3-11H2,1-2H3,(H,14,19). The van der Waals surface area contributed by atoms with E-state index in [-0.39, 0.29) is 11.9 Å². The molecule has 2 fully saturated rings. The number of nitrogens with zero attached hydrogens (tertiary/aromatic N) is 3. The number of hydrogen-bond acceptors (Lipinski definition) is 5. The zero-order chi connectivity index (χ0) is 13.7. The minimum Gasteiger partial charge on any atom is -0.358 e. The van der Waals surface area contributed by atoms with Crippen LogP contribution < -0.4 is 10.6 Å². The molecule has 6 nitrogen and oxygen atoms in total. The van der Waals surface area contributed by atoms with Crippen molar-refractivity contribution in [2.75, 3.05) is 73.0 Å². The second kappa shape index (κ2) is 7.19. The molecule has 2 rings (SSSR count). The van der Waals surface area contributed by atoms with Crippen LogP contribution in [0.2, 0.25) is 0 Å². The normalized spacial score (nSPS) is 27.4. The van der Waals surface area contributed by atoms with Gasteiger partial charge in [-0.2, -0.15) is 0 Å². The van der Waals surface area contributed by atoms with Crippen molar-refractivity contribution in [1.29, 1.82) is 0 Å². The lowest BCUT2D eigenvalue weighted by Crippen LogP contribution is -2.59. The minimum absolute atomic E-state index is 0.00814. The van der Waals surface area contributed by atoms with Crippen LogP contribution in [-0.4, -0.2) is 99.6 Å². The summed E-state index contributed by atoms with van der Waals surface area (Å²) in [7, 11) is 3.89. The van der Waals surface area contributed by atoms with Gasteiger partial charge in [0.25, 0.3) is 0 Å². The fourth-order valence-electron chi connectivity index (χ4n) is 2.78. The molecule has 0 saturated carbocycles. The Labute approximate surface area is 116 Å². The van der Waals surface area contributed by atoms with E-state index in [0.29, 0.717) is 0 Å². The molecule has 2 aliphatic heterocycles. The average molecular weight is 269 g/mol. The van der Waals surface area contributed by atoms with E-state index in [4.69, 9.17) is 0 Å². The number of rotatable bonds is 4. The summed E-state index contributed by atoms with van der Waals surface area (Å²) in [6.07, 6.45) is 0. The Morgan fingerprint density at radius 3 is 2.63 bits per heavy atom. The van der Waals surface area contributed by atoms with Crippen LogP contribution in [0.5, 0.6) is 0 Å². The van der Waals surface area contributed by atoms with E-state index in [1.54, 1.807) is 7.05 Å². The number of carbonyl (C=O) groups is 1. The minimum atomic E-state index is -0.00814. The number of nitrogens with one attached hydrogen (secondary N) is 2. The molecule has 0 aromatic carbocycles. The summed E-state index contributed by atoms with van der Waals surface area (Å²) in [6.45, 7) is 9.37. The van der Waals surface area contributed by atoms with Gasteiger partial charge in [-0.3, -0.25) is 14.6 Å². The Morgan fingerprint density at radius 1 is 1.21 bits per heavy atom. The highest BCUT2D eigenvalue weighted by atomic mass is 16.2. The summed E-state index contributed by atoms with van der Waals surface area (Å²) in [5.41, 5.74) is 0. The first-order chi connectivity index (χ1) is 9.20. The third-order valence-electron chi connectivity index (χ3n) is 4.20. The molecule has 2 aliphatic rings. The summed E-state index contributed by atoms with van der Waals surface area (Å²) < 4.78 is 0. The van der Waals surface area contributed by atoms with Crippen LogP contribution in [0.25, 0.3) is 0 Å². The van der Waals surface area contributed by atoms with Gasteiger partial charge in [0.1, 0.15) is 6.04 Å². The molecule has 2 saturated heterocycles. The zero-order valence-electron chi connectivity index (χ0n) is 12.2. The van der Waals surface area contributed by atoms with Gasteiger partial charge < -0.3 is 15.5 Å². The lowest BCUT2D eigenvalue weighted by molar-refractivity contribution is -0.126. The number of hydrogen-bond donors (Lipinski definition) is 2. The second-order valence-electron chi connectivity index (χ2n) is 5.52. The molecule has 1 amide bonds. The molecule has 0 spiro atoms. The first-order valence-electron chi connectivity index (χ1n) is 7.28. The van der Waals surface area contributed by atoms with Crippen molar-refractivity contribution in [1.82, 2.24) is 25.3 Å². The fraction of sp³-hybridized carbons (Fsp3) is 0.923. The maximum atomic E-state index is 11.9. The summed E-state index contributed by atoms with van der Waals surface area (Å²) in [5.74, 6) is 0.130. The molecule has 6 heteroatoms. The van der Waals surface area contributed by atoms with Crippen molar-refractivity contribution < 1.29 is 4.79 Å². The molecule has 110 valence electrons. The van der Waals surface area contributed by atoms with Gasteiger partial charge in [0, 0.05) is 66.0 Å². The van der Waals surface area contributed by atoms with Gasteiger partial charge in [0.2, 0.25) is 5.91 Å². The summed E-state index contributed by atoms with van der Waals surface area (Å²) in [6, 6.07) is -0.00814. The van der Waals surface area contributed by atoms with Crippen molar-refractivity contribution in [2.45, 2.75) is 6.04 Å². The molecule has 19 heavy (non-hydrogen) atoms. The predicted molar refractivity (Wildman–Crippen MR) is 76.2 cm³/mol. The average Bonchev–Trinajstić information content (AvgIpc) is 2.46. The van der Waals surface area contributed by atoms with Crippen LogP contribution in [-0.2, 0) is 4.79 Å². The van der Waals surface area contributed by atoms with Gasteiger partial charge in [0.05, 0.1) is 0 Å². The lowest BCUT2D eigenvalue weighted by Gasteiger charge is -2.38. The van der Waals surface area contributed by atoms with Crippen molar-refractivity contribution >= 4 is 5.91 Å². The van der Waals surface area contributed by atoms with E-state index in [9.17, 15) is 4.79 Å². The highest BCUT2D eigenvalue weighted by Gasteiger charge is 2.28. The number of amides is 1. The van der Waals surface area contributed by atoms with Crippen molar-refractivity contribution in [2.24, 2.45) is 0 Å². The predicted octanol–water partition coefficient (Wildman–Crippen LogP) is -1.75. The first-order valence-corrected chi connectivity index (χ1v) is 7.28. The van der Waals surface area contributed by atoms with Crippen LogP contribution in [0, 0.1) is 0 Å². The molecule has 0 radical (unpaired) electrons. The molecule has 2 heterocycles. The SMILES string of the molecule is CNC(=O)C1CNCCN1CCN1CCN(C)CC1. The van der Waals surface area contributed by atoms with E-state index < -0.39 is 0 Å². The van der Waals surface area contributed by atoms with Crippen LogP contribution in [0.3, 0.4) is 0 Å². The number of carbonyl (C=O) groups excluding carboxylic acids is 1. The van der Waals surface area contributed by atoms with Gasteiger partial charge in [-0.05, 0) is 7.05 Å². The van der Waals surface area contributed by atoms with Gasteiger partial charge >= 0.3 is 0 Å². The molecule has 1 atom stereocenters. The largest absolute Gasteiger partial charge is 0.358 e. The highest BCUT2D eigenvalue weighted by molar-refractivity contribution is 5.81. The maximum absolute atomic E-state index is 11.9. The number of likely N-dealkylation sites (N-methyl/N-ethyl adjacent to an activating group) is 2. The van der Waals surface area contributed by atoms with E-state index in [2.05, 4.69) is 32.4 Å². The summed E-state index contributed by atoms with van der Waals surface area (Å²) in [4.78, 5) is 19.0. The highest BCUT2D eigenvalue weighted by Crippen LogP contribution is 2.05. The molecule has 2 N–H and O–H groups in total. The lowest BCUT2D eigenvalue weighted by atomic mass is 10.1. The third-order valence-corrected chi connectivity index (χ3v) is 4.20. The van der Waals surface area contributed by atoms with Gasteiger partial charge in [-0.1, -0.05) is 0 Å². The first kappa shape index (κ1) is 14.7. The van der Waals surface area contributed by atoms with Crippen LogP contribution in [0.15, 0.2) is 0 Å². The Morgan fingerprint density at radius 2 is 1.95 bits per heavy atom. The molecule has 1 unspecified atom stereocenters. The van der Waals surface area contributed by atoms with E-state index in [1.807, 2.05) is 0 Å². The van der Waals surface area contributed by atoms with E-state index in [1.165, 1.54) is 0 Å². The van der Waals surface area contributed by atoms with E-state index >= 15 is 0 Å². The Hall–Kier alpha value is -0.690. The zero-order valence-corrected chi connectivity index (χ0v) is 12.2. The van der Waals surface area contributed by atoms with Crippen molar-refractivity contribution in [3.05, 3.63) is 0 Å². The molecule has 0 aromatic rings. The van der Waals surface area contributed by atoms with Gasteiger partial charge in [0.15, 0.2) is 0 Å². The van der Waals surface area contributed by atoms with Crippen molar-refractivity contribution in [3.8, 4) is 0 Å². The van der Waals surface area contributed by atoms with Crippen LogP contribution in [0.1, 0.15) is 0 Å². The quantitative estimate of drug-likeness (QED) is 0.634. The monoisotopic (exact) mass is 269 g/mol. The summed E-state index contributed by atoms with van der Waals surface area (Å²) in [5, 5.41) is 6.07. The third kappa shape index (κ3) is 4.14. The topological polar surface area (TPSA) is 50.9 Å². The second-order valence-corrected chi connectivity index (χ2v) is 5.52. The van der Waals surface area contributed by atoms with Crippen LogP contribution in [0.4, 0.5) is 0 Å². The Balaban J connectivity index is 1.78. The molecule has 0 aromatic heterocycles. The Bertz CT molecular complexity index is 291. The molecular formula is C13H27N5O. The van der Waals surface area contributed by atoms with Crippen LogP contribution >= 0.6 is 0 Å². The molecule has 0 bridgehead atoms. The number of piperazine rings is 2. The van der Waals surface area contributed by atoms with Gasteiger partial charge in [-0.25, -0.2) is 0 Å². The fourth-order valence-corrected chi connectivity index (χ4v) is 2.78. The maximum Gasteiger partial charge on any atom is 0.238 e.